The number of carbonyl (C=O) groups excluding carboxylic acids is 2. The molecular formula is C19H26N2O4. The van der Waals surface area contributed by atoms with Gasteiger partial charge in [-0.05, 0) is 56.3 Å². The summed E-state index contributed by atoms with van der Waals surface area (Å²) in [6.45, 7) is 4.90. The van der Waals surface area contributed by atoms with Gasteiger partial charge in [-0.1, -0.05) is 0 Å². The van der Waals surface area contributed by atoms with Crippen molar-refractivity contribution in [1.82, 2.24) is 10.2 Å². The van der Waals surface area contributed by atoms with Gasteiger partial charge in [0.1, 0.15) is 5.72 Å². The molecule has 136 valence electrons. The van der Waals surface area contributed by atoms with Crippen LogP contribution in [0.3, 0.4) is 0 Å². The molecule has 2 N–H and O–H groups in total. The first-order valence-corrected chi connectivity index (χ1v) is 9.76. The van der Waals surface area contributed by atoms with Gasteiger partial charge < -0.3 is 20.1 Å². The molecule has 2 unspecified atom stereocenters. The number of hydrogen-bond acceptors (Lipinski definition) is 4. The van der Waals surface area contributed by atoms with E-state index in [1.165, 1.54) is 25.7 Å². The van der Waals surface area contributed by atoms with E-state index in [1.54, 1.807) is 0 Å². The highest BCUT2D eigenvalue weighted by Crippen LogP contribution is 2.80. The summed E-state index contributed by atoms with van der Waals surface area (Å²) in [5.74, 6) is 2.36. The normalized spacial score (nSPS) is 49.2. The first-order chi connectivity index (χ1) is 11.9. The molecule has 0 aromatic rings. The van der Waals surface area contributed by atoms with Crippen molar-refractivity contribution in [1.29, 1.82) is 0 Å². The zero-order valence-electron chi connectivity index (χ0n) is 14.8. The first kappa shape index (κ1) is 15.0. The van der Waals surface area contributed by atoms with E-state index < -0.39 is 0 Å². The third-order valence-electron chi connectivity index (χ3n) is 8.40. The Bertz CT molecular complexity index is 696. The van der Waals surface area contributed by atoms with Crippen molar-refractivity contribution in [2.75, 3.05) is 13.2 Å². The van der Waals surface area contributed by atoms with Crippen molar-refractivity contribution >= 4 is 11.8 Å². The number of nitrogens with zero attached hydrogens (tertiary/aromatic N) is 1. The van der Waals surface area contributed by atoms with Crippen molar-refractivity contribution in [2.45, 2.75) is 57.3 Å². The molecule has 0 radical (unpaired) electrons. The van der Waals surface area contributed by atoms with E-state index >= 15 is 0 Å². The van der Waals surface area contributed by atoms with Crippen LogP contribution in [0, 0.1) is 34.5 Å². The maximum atomic E-state index is 12.1. The molecule has 6 nitrogen and oxygen atoms in total. The number of nitrogens with one attached hydrogen (secondary N) is 1. The molecule has 0 bridgehead atoms. The third-order valence-corrected chi connectivity index (χ3v) is 8.40. The SMILES string of the molecule is CC1(C)OC[C@@H]2[C@@H]3C(C(=O)N21)C31CC1.O=C1N[C@H](CO)[C@@H]2C1C21CC1. The van der Waals surface area contributed by atoms with Crippen LogP contribution in [0.4, 0.5) is 0 Å². The molecule has 4 saturated carbocycles. The number of ether oxygens (including phenoxy) is 1. The Morgan fingerprint density at radius 3 is 2.32 bits per heavy atom. The quantitative estimate of drug-likeness (QED) is 0.724. The van der Waals surface area contributed by atoms with E-state index in [2.05, 4.69) is 5.32 Å². The van der Waals surface area contributed by atoms with E-state index in [-0.39, 0.29) is 30.2 Å². The van der Waals surface area contributed by atoms with Crippen LogP contribution in [0.2, 0.25) is 0 Å². The molecule has 2 amide bonds. The van der Waals surface area contributed by atoms with Gasteiger partial charge in [0.05, 0.1) is 25.3 Å². The van der Waals surface area contributed by atoms with Gasteiger partial charge in [0.2, 0.25) is 11.8 Å². The van der Waals surface area contributed by atoms with Crippen molar-refractivity contribution in [3.8, 4) is 0 Å². The van der Waals surface area contributed by atoms with Crippen LogP contribution < -0.4 is 5.32 Å². The maximum absolute atomic E-state index is 12.1. The molecule has 3 saturated heterocycles. The minimum atomic E-state index is -0.342. The fraction of sp³-hybridized carbons (Fsp3) is 0.895. The fourth-order valence-corrected chi connectivity index (χ4v) is 6.88. The van der Waals surface area contributed by atoms with Crippen molar-refractivity contribution in [3.63, 3.8) is 0 Å². The number of amides is 2. The molecule has 2 spiro atoms. The monoisotopic (exact) mass is 346 g/mol. The number of hydrogen-bond donors (Lipinski definition) is 2. The Kier molecular flexibility index (Phi) is 2.43. The average Bonchev–Trinajstić information content (AvgIpc) is 3.51. The lowest BCUT2D eigenvalue weighted by Crippen LogP contribution is -2.46. The minimum Gasteiger partial charge on any atom is -0.394 e. The van der Waals surface area contributed by atoms with Crippen LogP contribution in [0.5, 0.6) is 0 Å². The van der Waals surface area contributed by atoms with Crippen molar-refractivity contribution in [2.24, 2.45) is 34.5 Å². The van der Waals surface area contributed by atoms with E-state index in [1.807, 2.05) is 18.7 Å². The summed E-state index contributed by atoms with van der Waals surface area (Å²) in [4.78, 5) is 25.4. The van der Waals surface area contributed by atoms with E-state index in [9.17, 15) is 9.59 Å². The molecule has 0 aromatic heterocycles. The standard InChI is InChI=1S/C11H15NO2.C8H11NO2/c1-10(2)12-6(5-14-10)7-8(9(12)13)11(7)3-4-11;10-3-4-5-6(7(11)9-4)8(5)1-2-8/h6-8H,3-5H2,1-2H3;4-6,10H,1-3H2,(H,9,11)/t6-,7-,8?;4-,5-,6?/m11/s1. The zero-order chi connectivity index (χ0) is 17.4. The second-order valence-electron chi connectivity index (χ2n) is 9.80. The topological polar surface area (TPSA) is 78.9 Å². The molecule has 6 heteroatoms. The highest BCUT2D eigenvalue weighted by molar-refractivity contribution is 5.89. The summed E-state index contributed by atoms with van der Waals surface area (Å²) in [6.07, 6.45) is 5.01. The fourth-order valence-electron chi connectivity index (χ4n) is 6.88. The van der Waals surface area contributed by atoms with Gasteiger partial charge in [-0.2, -0.15) is 0 Å². The number of rotatable bonds is 1. The van der Waals surface area contributed by atoms with Crippen LogP contribution in [0.1, 0.15) is 39.5 Å². The Morgan fingerprint density at radius 2 is 1.76 bits per heavy atom. The van der Waals surface area contributed by atoms with Gasteiger partial charge in [0.15, 0.2) is 0 Å². The number of fused-ring (bicyclic) bond motifs is 8. The van der Waals surface area contributed by atoms with Crippen molar-refractivity contribution < 1.29 is 19.4 Å². The zero-order valence-corrected chi connectivity index (χ0v) is 14.8. The van der Waals surface area contributed by atoms with Crippen LogP contribution in [-0.4, -0.2) is 52.8 Å². The largest absolute Gasteiger partial charge is 0.394 e. The minimum absolute atomic E-state index is 0.0787. The average molecular weight is 346 g/mol. The van der Waals surface area contributed by atoms with Crippen LogP contribution in [0.15, 0.2) is 0 Å². The third kappa shape index (κ3) is 1.60. The van der Waals surface area contributed by atoms with Crippen LogP contribution in [-0.2, 0) is 14.3 Å². The maximum Gasteiger partial charge on any atom is 0.229 e. The summed E-state index contributed by atoms with van der Waals surface area (Å²) in [5, 5.41) is 11.7. The predicted molar refractivity (Wildman–Crippen MR) is 87.0 cm³/mol. The molecule has 6 atom stereocenters. The van der Waals surface area contributed by atoms with E-state index in [0.29, 0.717) is 40.5 Å². The number of piperidine rings is 2. The second-order valence-corrected chi connectivity index (χ2v) is 9.80. The highest BCUT2D eigenvalue weighted by Gasteiger charge is 2.83. The van der Waals surface area contributed by atoms with E-state index in [0.717, 1.165) is 6.61 Å². The molecule has 7 aliphatic rings. The molecule has 3 aliphatic heterocycles. The Morgan fingerprint density at radius 1 is 1.12 bits per heavy atom. The second kappa shape index (κ2) is 4.06. The van der Waals surface area contributed by atoms with Gasteiger partial charge in [-0.25, -0.2) is 0 Å². The Balaban J connectivity index is 0.000000106. The van der Waals surface area contributed by atoms with Gasteiger partial charge >= 0.3 is 0 Å². The Labute approximate surface area is 147 Å². The van der Waals surface area contributed by atoms with Gasteiger partial charge in [-0.3, -0.25) is 9.59 Å². The van der Waals surface area contributed by atoms with Gasteiger partial charge in [0.25, 0.3) is 0 Å². The summed E-state index contributed by atoms with van der Waals surface area (Å²) < 4.78 is 5.70. The molecule has 3 heterocycles. The molecule has 0 aromatic carbocycles. The van der Waals surface area contributed by atoms with Crippen LogP contribution >= 0.6 is 0 Å². The number of aliphatic hydroxyl groups is 1. The lowest BCUT2D eigenvalue weighted by Gasteiger charge is -2.31. The molecule has 25 heavy (non-hydrogen) atoms. The van der Waals surface area contributed by atoms with Crippen molar-refractivity contribution in [3.05, 3.63) is 0 Å². The summed E-state index contributed by atoms with van der Waals surface area (Å²) in [6, 6.07) is 0.486. The number of carbonyl (C=O) groups is 2. The smallest absolute Gasteiger partial charge is 0.229 e. The molecule has 4 aliphatic carbocycles. The van der Waals surface area contributed by atoms with Crippen LogP contribution in [0.25, 0.3) is 0 Å². The van der Waals surface area contributed by atoms with Gasteiger partial charge in [0, 0.05) is 17.8 Å². The molecular weight excluding hydrogens is 320 g/mol. The highest BCUT2D eigenvalue weighted by atomic mass is 16.5. The van der Waals surface area contributed by atoms with Gasteiger partial charge in [-0.15, -0.1) is 0 Å². The Hall–Kier alpha value is -1.14. The van der Waals surface area contributed by atoms with E-state index in [4.69, 9.17) is 9.84 Å². The first-order valence-electron chi connectivity index (χ1n) is 9.76. The molecule has 7 rings (SSSR count). The number of aliphatic hydroxyl groups excluding tert-OH is 1. The lowest BCUT2D eigenvalue weighted by molar-refractivity contribution is -0.145. The summed E-state index contributed by atoms with van der Waals surface area (Å²) >= 11 is 0. The predicted octanol–water partition coefficient (Wildman–Crippen LogP) is 0.493. The summed E-state index contributed by atoms with van der Waals surface area (Å²) in [7, 11) is 0. The lowest BCUT2D eigenvalue weighted by atomic mass is 10.1. The summed E-state index contributed by atoms with van der Waals surface area (Å²) in [5.41, 5.74) is 0.517. The molecule has 7 fully saturated rings.